The zero-order chi connectivity index (χ0) is 19.3. The van der Waals surface area contributed by atoms with Crippen molar-refractivity contribution in [2.24, 2.45) is 0 Å². The van der Waals surface area contributed by atoms with Crippen molar-refractivity contribution in [1.82, 2.24) is 10.6 Å². The zero-order valence-electron chi connectivity index (χ0n) is 15.4. The SMILES string of the molecule is O=C(CNC(=O)c1cccs1)NC(c1ccc2c(c1)CCCC2)c1cccs1. The molecule has 2 aromatic heterocycles. The summed E-state index contributed by atoms with van der Waals surface area (Å²) in [6.07, 6.45) is 4.72. The second-order valence-corrected chi connectivity index (χ2v) is 8.84. The third-order valence-electron chi connectivity index (χ3n) is 4.99. The Morgan fingerprint density at radius 1 is 0.964 bits per heavy atom. The molecule has 0 saturated carbocycles. The Hall–Kier alpha value is -2.44. The molecule has 0 saturated heterocycles. The normalized spacial score (nSPS) is 14.1. The Balaban J connectivity index is 1.48. The first-order valence-corrected chi connectivity index (χ1v) is 11.2. The number of amides is 2. The number of fused-ring (bicyclic) bond motifs is 1. The summed E-state index contributed by atoms with van der Waals surface area (Å²) in [6, 6.07) is 14.0. The predicted molar refractivity (Wildman–Crippen MR) is 114 cm³/mol. The predicted octanol–water partition coefficient (Wildman–Crippen LogP) is 4.32. The molecule has 1 aliphatic rings. The first-order valence-electron chi connectivity index (χ1n) is 9.47. The van der Waals surface area contributed by atoms with E-state index >= 15 is 0 Å². The van der Waals surface area contributed by atoms with Gasteiger partial charge in [-0.2, -0.15) is 0 Å². The summed E-state index contributed by atoms with van der Waals surface area (Å²) in [5, 5.41) is 9.67. The molecule has 3 aromatic rings. The Morgan fingerprint density at radius 2 is 1.75 bits per heavy atom. The third-order valence-corrected chi connectivity index (χ3v) is 6.80. The van der Waals surface area contributed by atoms with E-state index in [0.29, 0.717) is 4.88 Å². The molecule has 1 aliphatic carbocycles. The van der Waals surface area contributed by atoms with Crippen LogP contribution in [0.5, 0.6) is 0 Å². The second kappa shape index (κ2) is 8.71. The van der Waals surface area contributed by atoms with Crippen LogP contribution < -0.4 is 10.6 Å². The van der Waals surface area contributed by atoms with Crippen LogP contribution in [0.25, 0.3) is 0 Å². The summed E-state index contributed by atoms with van der Waals surface area (Å²) in [5.41, 5.74) is 3.92. The summed E-state index contributed by atoms with van der Waals surface area (Å²) >= 11 is 2.99. The molecule has 0 radical (unpaired) electrons. The Labute approximate surface area is 172 Å². The standard InChI is InChI=1S/C22H22N2O2S2/c25-20(14-23-22(26)19-8-4-12-28-19)24-21(18-7-3-11-27-18)17-10-9-15-5-1-2-6-16(15)13-17/h3-4,7-13,21H,1-2,5-6,14H2,(H,23,26)(H,24,25). The van der Waals surface area contributed by atoms with Gasteiger partial charge in [0, 0.05) is 4.88 Å². The molecule has 1 atom stereocenters. The van der Waals surface area contributed by atoms with E-state index < -0.39 is 0 Å². The maximum Gasteiger partial charge on any atom is 0.261 e. The molecule has 4 nitrogen and oxygen atoms in total. The topological polar surface area (TPSA) is 58.2 Å². The third kappa shape index (κ3) is 4.34. The lowest BCUT2D eigenvalue weighted by molar-refractivity contribution is -0.120. The highest BCUT2D eigenvalue weighted by Gasteiger charge is 2.20. The molecule has 2 amide bonds. The van der Waals surface area contributed by atoms with Crippen LogP contribution in [0.1, 0.15) is 50.1 Å². The van der Waals surface area contributed by atoms with Gasteiger partial charge in [0.05, 0.1) is 17.5 Å². The minimum absolute atomic E-state index is 0.0381. The zero-order valence-corrected chi connectivity index (χ0v) is 17.1. The van der Waals surface area contributed by atoms with Crippen molar-refractivity contribution in [3.05, 3.63) is 79.7 Å². The van der Waals surface area contributed by atoms with Gasteiger partial charge in [0.1, 0.15) is 0 Å². The minimum Gasteiger partial charge on any atom is -0.343 e. The van der Waals surface area contributed by atoms with Gasteiger partial charge in [-0.1, -0.05) is 30.3 Å². The highest BCUT2D eigenvalue weighted by molar-refractivity contribution is 7.12. The average Bonchev–Trinajstić information content (AvgIpc) is 3.44. The number of hydrogen-bond donors (Lipinski definition) is 2. The Kier molecular flexibility index (Phi) is 5.88. The van der Waals surface area contributed by atoms with Crippen molar-refractivity contribution in [2.75, 3.05) is 6.54 Å². The summed E-state index contributed by atoms with van der Waals surface area (Å²) < 4.78 is 0. The molecular weight excluding hydrogens is 388 g/mol. The number of rotatable bonds is 6. The van der Waals surface area contributed by atoms with E-state index in [1.165, 1.54) is 35.3 Å². The molecule has 6 heteroatoms. The highest BCUT2D eigenvalue weighted by atomic mass is 32.1. The van der Waals surface area contributed by atoms with Crippen molar-refractivity contribution >= 4 is 34.5 Å². The van der Waals surface area contributed by atoms with Crippen molar-refractivity contribution in [3.63, 3.8) is 0 Å². The smallest absolute Gasteiger partial charge is 0.261 e. The summed E-state index contributed by atoms with van der Waals surface area (Å²) in [6.45, 7) is -0.0381. The van der Waals surface area contributed by atoms with E-state index in [9.17, 15) is 9.59 Å². The van der Waals surface area contributed by atoms with Gasteiger partial charge in [-0.05, 0) is 65.3 Å². The molecule has 28 heavy (non-hydrogen) atoms. The van der Waals surface area contributed by atoms with E-state index in [4.69, 9.17) is 0 Å². The lowest BCUT2D eigenvalue weighted by Gasteiger charge is -2.22. The quantitative estimate of drug-likeness (QED) is 0.636. The second-order valence-electron chi connectivity index (χ2n) is 6.91. The van der Waals surface area contributed by atoms with Crippen molar-refractivity contribution in [2.45, 2.75) is 31.7 Å². The fraction of sp³-hybridized carbons (Fsp3) is 0.273. The maximum absolute atomic E-state index is 12.6. The largest absolute Gasteiger partial charge is 0.343 e. The Morgan fingerprint density at radius 3 is 2.50 bits per heavy atom. The van der Waals surface area contributed by atoms with Gasteiger partial charge in [-0.25, -0.2) is 0 Å². The van der Waals surface area contributed by atoms with Crippen LogP contribution in [0.4, 0.5) is 0 Å². The first-order chi connectivity index (χ1) is 13.7. The number of carbonyl (C=O) groups excluding carboxylic acids is 2. The molecular formula is C22H22N2O2S2. The highest BCUT2D eigenvalue weighted by Crippen LogP contribution is 2.30. The van der Waals surface area contributed by atoms with E-state index in [-0.39, 0.29) is 24.4 Å². The number of benzene rings is 1. The van der Waals surface area contributed by atoms with Crippen LogP contribution in [0, 0.1) is 0 Å². The van der Waals surface area contributed by atoms with Crippen LogP contribution in [0.2, 0.25) is 0 Å². The van der Waals surface area contributed by atoms with Crippen molar-refractivity contribution < 1.29 is 9.59 Å². The molecule has 144 valence electrons. The fourth-order valence-corrected chi connectivity index (χ4v) is 5.02. The van der Waals surface area contributed by atoms with Gasteiger partial charge in [-0.15, -0.1) is 22.7 Å². The fourth-order valence-electron chi connectivity index (χ4n) is 3.57. The maximum atomic E-state index is 12.6. The summed E-state index contributed by atoms with van der Waals surface area (Å²) in [4.78, 5) is 26.3. The number of thiophene rings is 2. The van der Waals surface area contributed by atoms with Crippen LogP contribution in [0.15, 0.2) is 53.2 Å². The van der Waals surface area contributed by atoms with E-state index in [1.54, 1.807) is 17.4 Å². The summed E-state index contributed by atoms with van der Waals surface area (Å²) in [7, 11) is 0. The summed E-state index contributed by atoms with van der Waals surface area (Å²) in [5.74, 6) is -0.410. The molecule has 1 aromatic carbocycles. The number of nitrogens with one attached hydrogen (secondary N) is 2. The molecule has 2 heterocycles. The van der Waals surface area contributed by atoms with Gasteiger partial charge in [0.2, 0.25) is 5.91 Å². The molecule has 0 spiro atoms. The Bertz CT molecular complexity index is 949. The molecule has 2 N–H and O–H groups in total. The van der Waals surface area contributed by atoms with Gasteiger partial charge in [-0.3, -0.25) is 9.59 Å². The van der Waals surface area contributed by atoms with Crippen LogP contribution in [-0.2, 0) is 17.6 Å². The number of aryl methyl sites for hydroxylation is 2. The lowest BCUT2D eigenvalue weighted by Crippen LogP contribution is -2.38. The van der Waals surface area contributed by atoms with E-state index in [1.807, 2.05) is 29.0 Å². The van der Waals surface area contributed by atoms with Crippen LogP contribution in [-0.4, -0.2) is 18.4 Å². The number of carbonyl (C=O) groups is 2. The van der Waals surface area contributed by atoms with E-state index in [0.717, 1.165) is 23.3 Å². The van der Waals surface area contributed by atoms with Gasteiger partial charge in [0.15, 0.2) is 0 Å². The monoisotopic (exact) mass is 410 g/mol. The minimum atomic E-state index is -0.216. The van der Waals surface area contributed by atoms with Crippen LogP contribution >= 0.6 is 22.7 Å². The first kappa shape index (κ1) is 18.9. The number of hydrogen-bond acceptors (Lipinski definition) is 4. The lowest BCUT2D eigenvalue weighted by atomic mass is 9.89. The molecule has 0 fully saturated rings. The molecule has 4 rings (SSSR count). The van der Waals surface area contributed by atoms with E-state index in [2.05, 4.69) is 28.8 Å². The van der Waals surface area contributed by atoms with Gasteiger partial charge >= 0.3 is 0 Å². The van der Waals surface area contributed by atoms with Crippen molar-refractivity contribution in [3.8, 4) is 0 Å². The van der Waals surface area contributed by atoms with Gasteiger partial charge < -0.3 is 10.6 Å². The molecule has 0 bridgehead atoms. The molecule has 1 unspecified atom stereocenters. The van der Waals surface area contributed by atoms with Gasteiger partial charge in [0.25, 0.3) is 5.91 Å². The van der Waals surface area contributed by atoms with Crippen molar-refractivity contribution in [1.29, 1.82) is 0 Å². The van der Waals surface area contributed by atoms with Crippen LogP contribution in [0.3, 0.4) is 0 Å². The molecule has 0 aliphatic heterocycles. The average molecular weight is 411 g/mol.